The van der Waals surface area contributed by atoms with Crippen LogP contribution in [-0.4, -0.2) is 34.1 Å². The van der Waals surface area contributed by atoms with Gasteiger partial charge >= 0.3 is 0 Å². The van der Waals surface area contributed by atoms with Crippen LogP contribution in [0, 0.1) is 0 Å². The molecule has 1 fully saturated rings. The zero-order valence-corrected chi connectivity index (χ0v) is 20.0. The quantitative estimate of drug-likeness (QED) is 0.390. The van der Waals surface area contributed by atoms with Crippen LogP contribution in [0.3, 0.4) is 0 Å². The Morgan fingerprint density at radius 3 is 2.44 bits per heavy atom. The number of hydrogen-bond acceptors (Lipinski definition) is 6. The third kappa shape index (κ3) is 6.26. The fourth-order valence-electron chi connectivity index (χ4n) is 3.56. The van der Waals surface area contributed by atoms with Crippen LogP contribution in [-0.2, 0) is 11.2 Å². The van der Waals surface area contributed by atoms with Gasteiger partial charge in [-0.1, -0.05) is 48.9 Å². The zero-order chi connectivity index (χ0) is 23.9. The monoisotopic (exact) mass is 474 g/mol. The van der Waals surface area contributed by atoms with E-state index in [4.69, 9.17) is 11.6 Å². The number of anilines is 2. The van der Waals surface area contributed by atoms with Crippen LogP contribution in [0.1, 0.15) is 43.2 Å². The van der Waals surface area contributed by atoms with Crippen molar-refractivity contribution in [1.82, 2.24) is 15.0 Å². The van der Waals surface area contributed by atoms with Crippen LogP contribution in [0.25, 0.3) is 11.1 Å². The summed E-state index contributed by atoms with van der Waals surface area (Å²) in [5, 5.41) is 6.65. The summed E-state index contributed by atoms with van der Waals surface area (Å²) in [5.41, 5.74) is 4.68. The van der Waals surface area contributed by atoms with Gasteiger partial charge in [-0.3, -0.25) is 9.79 Å². The number of allylic oxidation sites excluding steroid dienone is 2. The molecule has 174 valence electrons. The molecule has 1 aliphatic carbocycles. The Kier molecular flexibility index (Phi) is 7.65. The molecule has 1 amide bonds. The standard InChI is InChI=1S/C26H27ClN6O/c1-3-4-21(15-28-2)32-26-30-13-20(14-31-26)18-7-5-17(6-8-18)11-25(34)33-24-12-23(27)22(16-29-24)19-9-10-19/h4-8,12-16,19H,3,9-11H2,1-2H3,(H,29,33,34)(H,30,31,32)/b21-4+,28-15-. The number of hydrogen-bond donors (Lipinski definition) is 2. The van der Waals surface area contributed by atoms with E-state index in [-0.39, 0.29) is 12.3 Å². The lowest BCUT2D eigenvalue weighted by molar-refractivity contribution is -0.115. The van der Waals surface area contributed by atoms with Gasteiger partial charge in [0.2, 0.25) is 11.9 Å². The number of carbonyl (C=O) groups is 1. The van der Waals surface area contributed by atoms with Crippen LogP contribution in [0.5, 0.6) is 0 Å². The van der Waals surface area contributed by atoms with Crippen LogP contribution in [0.15, 0.2) is 65.7 Å². The van der Waals surface area contributed by atoms with E-state index in [9.17, 15) is 4.79 Å². The summed E-state index contributed by atoms with van der Waals surface area (Å²) in [5.74, 6) is 1.37. The average molecular weight is 475 g/mol. The van der Waals surface area contributed by atoms with Gasteiger partial charge in [-0.15, -0.1) is 0 Å². The summed E-state index contributed by atoms with van der Waals surface area (Å²) in [6.07, 6.45) is 12.5. The minimum Gasteiger partial charge on any atom is -0.323 e. The molecule has 1 aromatic carbocycles. The van der Waals surface area contributed by atoms with Crippen molar-refractivity contribution in [2.45, 2.75) is 38.5 Å². The second-order valence-corrected chi connectivity index (χ2v) is 8.57. The molecule has 1 aliphatic rings. The van der Waals surface area contributed by atoms with E-state index >= 15 is 0 Å². The first-order valence-electron chi connectivity index (χ1n) is 11.3. The van der Waals surface area contributed by atoms with Crippen molar-refractivity contribution >= 4 is 35.5 Å². The van der Waals surface area contributed by atoms with Crippen LogP contribution < -0.4 is 10.6 Å². The smallest absolute Gasteiger partial charge is 0.229 e. The van der Waals surface area contributed by atoms with E-state index in [2.05, 4.69) is 37.5 Å². The summed E-state index contributed by atoms with van der Waals surface area (Å²) < 4.78 is 0. The molecule has 0 atom stereocenters. The van der Waals surface area contributed by atoms with Gasteiger partial charge in [0, 0.05) is 42.4 Å². The van der Waals surface area contributed by atoms with Crippen LogP contribution in [0.2, 0.25) is 5.02 Å². The molecule has 8 heteroatoms. The highest BCUT2D eigenvalue weighted by molar-refractivity contribution is 6.31. The first kappa shape index (κ1) is 23.6. The van der Waals surface area contributed by atoms with Crippen molar-refractivity contribution in [2.24, 2.45) is 4.99 Å². The van der Waals surface area contributed by atoms with Crippen molar-refractivity contribution in [3.8, 4) is 11.1 Å². The number of aliphatic imine (C=N–C) groups is 1. The van der Waals surface area contributed by atoms with E-state index in [0.717, 1.165) is 47.2 Å². The highest BCUT2D eigenvalue weighted by atomic mass is 35.5. The van der Waals surface area contributed by atoms with Gasteiger partial charge in [-0.25, -0.2) is 15.0 Å². The normalized spacial score (nSPS) is 13.8. The van der Waals surface area contributed by atoms with Gasteiger partial charge in [0.1, 0.15) is 5.82 Å². The highest BCUT2D eigenvalue weighted by Crippen LogP contribution is 2.43. The number of rotatable bonds is 9. The molecule has 2 aromatic heterocycles. The van der Waals surface area contributed by atoms with Crippen molar-refractivity contribution in [2.75, 3.05) is 17.7 Å². The molecule has 0 unspecified atom stereocenters. The number of carbonyl (C=O) groups excluding carboxylic acids is 1. The van der Waals surface area contributed by atoms with E-state index in [1.807, 2.05) is 30.3 Å². The van der Waals surface area contributed by atoms with Crippen molar-refractivity contribution in [3.63, 3.8) is 0 Å². The minimum atomic E-state index is -0.138. The van der Waals surface area contributed by atoms with Gasteiger partial charge in [0.15, 0.2) is 0 Å². The minimum absolute atomic E-state index is 0.138. The Morgan fingerprint density at radius 2 is 1.82 bits per heavy atom. The molecule has 0 saturated heterocycles. The third-order valence-electron chi connectivity index (χ3n) is 5.42. The molecule has 34 heavy (non-hydrogen) atoms. The number of pyridine rings is 1. The maximum absolute atomic E-state index is 12.5. The maximum Gasteiger partial charge on any atom is 0.229 e. The van der Waals surface area contributed by atoms with Gasteiger partial charge in [-0.05, 0) is 47.9 Å². The first-order chi connectivity index (χ1) is 16.6. The SMILES string of the molecule is CC/C=C(\C=N/C)Nc1ncc(-c2ccc(CC(=O)Nc3cc(Cl)c(C4CC4)cn3)cc2)cn1. The number of nitrogens with one attached hydrogen (secondary N) is 2. The number of nitrogens with zero attached hydrogens (tertiary/aromatic N) is 4. The van der Waals surface area contributed by atoms with Gasteiger partial charge in [0.25, 0.3) is 0 Å². The van der Waals surface area contributed by atoms with Gasteiger partial charge in [0.05, 0.1) is 12.1 Å². The molecule has 2 N–H and O–H groups in total. The number of aromatic nitrogens is 3. The second-order valence-electron chi connectivity index (χ2n) is 8.16. The summed E-state index contributed by atoms with van der Waals surface area (Å²) in [6, 6.07) is 9.50. The molecule has 0 radical (unpaired) electrons. The predicted octanol–water partition coefficient (Wildman–Crippen LogP) is 5.66. The Bertz CT molecular complexity index is 1200. The van der Waals surface area contributed by atoms with Crippen molar-refractivity contribution < 1.29 is 4.79 Å². The average Bonchev–Trinajstić information content (AvgIpc) is 3.66. The first-order valence-corrected chi connectivity index (χ1v) is 11.7. The number of benzene rings is 1. The van der Waals surface area contributed by atoms with Crippen molar-refractivity contribution in [1.29, 1.82) is 0 Å². The van der Waals surface area contributed by atoms with Gasteiger partial charge < -0.3 is 10.6 Å². The molecule has 0 aliphatic heterocycles. The lowest BCUT2D eigenvalue weighted by Gasteiger charge is -2.08. The lowest BCUT2D eigenvalue weighted by atomic mass is 10.1. The second kappa shape index (κ2) is 11.0. The van der Waals surface area contributed by atoms with Crippen LogP contribution >= 0.6 is 11.6 Å². The Hall–Kier alpha value is -3.58. The Morgan fingerprint density at radius 1 is 1.09 bits per heavy atom. The van der Waals surface area contributed by atoms with E-state index < -0.39 is 0 Å². The van der Waals surface area contributed by atoms with E-state index in [1.54, 1.807) is 37.9 Å². The predicted molar refractivity (Wildman–Crippen MR) is 137 cm³/mol. The molecule has 0 bridgehead atoms. The largest absolute Gasteiger partial charge is 0.323 e. The van der Waals surface area contributed by atoms with Crippen molar-refractivity contribution in [3.05, 3.63) is 76.8 Å². The topological polar surface area (TPSA) is 92.2 Å². The summed E-state index contributed by atoms with van der Waals surface area (Å²) in [6.45, 7) is 2.06. The molecule has 4 rings (SSSR count). The lowest BCUT2D eigenvalue weighted by Crippen LogP contribution is -2.15. The molecule has 0 spiro atoms. The molecule has 7 nitrogen and oxygen atoms in total. The Labute approximate surface area is 204 Å². The highest BCUT2D eigenvalue weighted by Gasteiger charge is 2.26. The maximum atomic E-state index is 12.5. The summed E-state index contributed by atoms with van der Waals surface area (Å²) >= 11 is 6.33. The molecule has 2 heterocycles. The molecule has 1 saturated carbocycles. The van der Waals surface area contributed by atoms with E-state index in [1.165, 1.54) is 0 Å². The fourth-order valence-corrected chi connectivity index (χ4v) is 3.86. The zero-order valence-electron chi connectivity index (χ0n) is 19.3. The molecular weight excluding hydrogens is 448 g/mol. The fraction of sp³-hybridized carbons (Fsp3) is 0.269. The number of halogens is 1. The van der Waals surface area contributed by atoms with E-state index in [0.29, 0.717) is 22.7 Å². The molecule has 3 aromatic rings. The van der Waals surface area contributed by atoms with Crippen LogP contribution in [0.4, 0.5) is 11.8 Å². The summed E-state index contributed by atoms with van der Waals surface area (Å²) in [7, 11) is 1.72. The molecular formula is C26H27ClN6O. The summed E-state index contributed by atoms with van der Waals surface area (Å²) in [4.78, 5) is 29.6. The third-order valence-corrected chi connectivity index (χ3v) is 5.75. The number of amides is 1. The van der Waals surface area contributed by atoms with Gasteiger partial charge in [-0.2, -0.15) is 0 Å². The Balaban J connectivity index is 1.35.